The molecule has 1 atom stereocenters. The lowest BCUT2D eigenvalue weighted by Crippen LogP contribution is -2.26. The molecule has 0 saturated heterocycles. The molecule has 6 nitrogen and oxygen atoms in total. The zero-order valence-electron chi connectivity index (χ0n) is 10.8. The van der Waals surface area contributed by atoms with E-state index in [1.165, 1.54) is 0 Å². The lowest BCUT2D eigenvalue weighted by molar-refractivity contribution is -0.126. The number of amides is 1. The van der Waals surface area contributed by atoms with Gasteiger partial charge in [-0.3, -0.25) is 9.63 Å². The standard InChI is InChI=1S/C13H16N2O4/c1-8(15-18-7-12(14)16)11-6-9-4-3-5-10(17-2)13(9)19-11/h3-6,8,15H,7H2,1-2H3,(H2,14,16). The van der Waals surface area contributed by atoms with E-state index in [1.807, 2.05) is 31.2 Å². The fraction of sp³-hybridized carbons (Fsp3) is 0.308. The van der Waals surface area contributed by atoms with Gasteiger partial charge in [-0.1, -0.05) is 12.1 Å². The number of furan rings is 1. The maximum absolute atomic E-state index is 10.6. The van der Waals surface area contributed by atoms with Crippen molar-refractivity contribution in [1.29, 1.82) is 0 Å². The van der Waals surface area contributed by atoms with Gasteiger partial charge in [-0.05, 0) is 19.1 Å². The van der Waals surface area contributed by atoms with E-state index in [4.69, 9.17) is 19.7 Å². The Balaban J connectivity index is 2.14. The van der Waals surface area contributed by atoms with Gasteiger partial charge in [-0.2, -0.15) is 5.48 Å². The second-order valence-corrected chi connectivity index (χ2v) is 4.12. The summed E-state index contributed by atoms with van der Waals surface area (Å²) >= 11 is 0. The summed E-state index contributed by atoms with van der Waals surface area (Å²) < 4.78 is 11.0. The van der Waals surface area contributed by atoms with Crippen LogP contribution in [0.1, 0.15) is 18.7 Å². The number of benzene rings is 1. The molecule has 0 aliphatic rings. The van der Waals surface area contributed by atoms with Crippen molar-refractivity contribution >= 4 is 16.9 Å². The van der Waals surface area contributed by atoms with Crippen molar-refractivity contribution in [2.45, 2.75) is 13.0 Å². The number of carbonyl (C=O) groups is 1. The number of nitrogens with one attached hydrogen (secondary N) is 1. The number of hydrogen-bond acceptors (Lipinski definition) is 5. The highest BCUT2D eigenvalue weighted by atomic mass is 16.6. The molecule has 6 heteroatoms. The second-order valence-electron chi connectivity index (χ2n) is 4.12. The number of nitrogens with two attached hydrogens (primary N) is 1. The van der Waals surface area contributed by atoms with Crippen LogP contribution in [0.3, 0.4) is 0 Å². The van der Waals surface area contributed by atoms with Gasteiger partial charge in [0, 0.05) is 5.39 Å². The fourth-order valence-electron chi connectivity index (χ4n) is 1.73. The van der Waals surface area contributed by atoms with Gasteiger partial charge in [-0.15, -0.1) is 0 Å². The molecule has 0 fully saturated rings. The molecule has 1 amide bonds. The largest absolute Gasteiger partial charge is 0.493 e. The molecule has 1 heterocycles. The Morgan fingerprint density at radius 3 is 3.00 bits per heavy atom. The third-order valence-electron chi connectivity index (χ3n) is 2.65. The van der Waals surface area contributed by atoms with Crippen LogP contribution in [0.4, 0.5) is 0 Å². The summed E-state index contributed by atoms with van der Waals surface area (Å²) in [6.45, 7) is 1.67. The molecule has 0 radical (unpaired) electrons. The molecule has 1 unspecified atom stereocenters. The van der Waals surface area contributed by atoms with E-state index >= 15 is 0 Å². The van der Waals surface area contributed by atoms with Crippen molar-refractivity contribution in [2.75, 3.05) is 13.7 Å². The Kier molecular flexibility index (Phi) is 4.03. The zero-order valence-corrected chi connectivity index (χ0v) is 10.8. The van der Waals surface area contributed by atoms with Gasteiger partial charge < -0.3 is 14.9 Å². The maximum Gasteiger partial charge on any atom is 0.245 e. The third kappa shape index (κ3) is 3.04. The molecule has 2 rings (SSSR count). The first-order valence-corrected chi connectivity index (χ1v) is 5.84. The van der Waals surface area contributed by atoms with Crippen LogP contribution in [0.2, 0.25) is 0 Å². The molecule has 0 bridgehead atoms. The number of rotatable bonds is 6. The Bertz CT molecular complexity index is 579. The molecule has 0 spiro atoms. The highest BCUT2D eigenvalue weighted by molar-refractivity contribution is 5.83. The summed E-state index contributed by atoms with van der Waals surface area (Å²) in [6.07, 6.45) is 0. The molecular formula is C13H16N2O4. The summed E-state index contributed by atoms with van der Waals surface area (Å²) in [6, 6.07) is 7.33. The average molecular weight is 264 g/mol. The van der Waals surface area contributed by atoms with Crippen LogP contribution in [0, 0.1) is 0 Å². The first kappa shape index (κ1) is 13.4. The smallest absolute Gasteiger partial charge is 0.245 e. The van der Waals surface area contributed by atoms with Crippen LogP contribution in [-0.2, 0) is 9.63 Å². The van der Waals surface area contributed by atoms with Gasteiger partial charge >= 0.3 is 0 Å². The van der Waals surface area contributed by atoms with Crippen molar-refractivity contribution in [3.8, 4) is 5.75 Å². The van der Waals surface area contributed by atoms with E-state index in [9.17, 15) is 4.79 Å². The molecule has 0 aliphatic carbocycles. The first-order valence-electron chi connectivity index (χ1n) is 5.84. The van der Waals surface area contributed by atoms with Gasteiger partial charge in [0.25, 0.3) is 0 Å². The van der Waals surface area contributed by atoms with E-state index in [1.54, 1.807) is 7.11 Å². The van der Waals surface area contributed by atoms with E-state index in [0.717, 1.165) is 5.39 Å². The number of methoxy groups -OCH3 is 1. The monoisotopic (exact) mass is 264 g/mol. The summed E-state index contributed by atoms with van der Waals surface area (Å²) in [7, 11) is 1.59. The van der Waals surface area contributed by atoms with E-state index in [0.29, 0.717) is 17.1 Å². The van der Waals surface area contributed by atoms with Gasteiger partial charge in [0.2, 0.25) is 5.91 Å². The van der Waals surface area contributed by atoms with Crippen molar-refractivity contribution < 1.29 is 18.8 Å². The Hall–Kier alpha value is -2.05. The number of para-hydroxylation sites is 1. The average Bonchev–Trinajstić information content (AvgIpc) is 2.81. The van der Waals surface area contributed by atoms with Gasteiger partial charge in [0.1, 0.15) is 12.4 Å². The minimum Gasteiger partial charge on any atom is -0.493 e. The van der Waals surface area contributed by atoms with Crippen LogP contribution in [0.25, 0.3) is 11.0 Å². The highest BCUT2D eigenvalue weighted by Gasteiger charge is 2.14. The molecular weight excluding hydrogens is 248 g/mol. The summed E-state index contributed by atoms with van der Waals surface area (Å²) in [5.41, 5.74) is 8.35. The van der Waals surface area contributed by atoms with Crippen molar-refractivity contribution in [1.82, 2.24) is 5.48 Å². The molecule has 1 aromatic carbocycles. The van der Waals surface area contributed by atoms with Crippen LogP contribution < -0.4 is 16.0 Å². The predicted molar refractivity (Wildman–Crippen MR) is 69.5 cm³/mol. The number of fused-ring (bicyclic) bond motifs is 1. The number of primary amides is 1. The van der Waals surface area contributed by atoms with Crippen molar-refractivity contribution in [3.05, 3.63) is 30.0 Å². The zero-order chi connectivity index (χ0) is 13.8. The first-order chi connectivity index (χ1) is 9.11. The molecule has 0 aliphatic heterocycles. The molecule has 0 saturated carbocycles. The Morgan fingerprint density at radius 1 is 1.53 bits per heavy atom. The number of hydrogen-bond donors (Lipinski definition) is 2. The van der Waals surface area contributed by atoms with Crippen LogP contribution in [0.5, 0.6) is 5.75 Å². The molecule has 19 heavy (non-hydrogen) atoms. The lowest BCUT2D eigenvalue weighted by atomic mass is 10.2. The SMILES string of the molecule is COc1cccc2cc(C(C)NOCC(N)=O)oc12. The fourth-order valence-corrected chi connectivity index (χ4v) is 1.73. The van der Waals surface area contributed by atoms with Crippen LogP contribution >= 0.6 is 0 Å². The molecule has 3 N–H and O–H groups in total. The summed E-state index contributed by atoms with van der Waals surface area (Å²) in [5, 5.41) is 0.943. The molecule has 1 aromatic heterocycles. The molecule has 2 aromatic rings. The Labute approximate surface area is 110 Å². The number of carbonyl (C=O) groups excluding carboxylic acids is 1. The highest BCUT2D eigenvalue weighted by Crippen LogP contribution is 2.30. The van der Waals surface area contributed by atoms with Gasteiger partial charge in [0.15, 0.2) is 11.3 Å². The molecule has 102 valence electrons. The minimum absolute atomic E-state index is 0.187. The lowest BCUT2D eigenvalue weighted by Gasteiger charge is -2.09. The minimum atomic E-state index is -0.536. The summed E-state index contributed by atoms with van der Waals surface area (Å²) in [4.78, 5) is 15.5. The van der Waals surface area contributed by atoms with Gasteiger partial charge in [0.05, 0.1) is 13.2 Å². The predicted octanol–water partition coefficient (Wildman–Crippen LogP) is 1.51. The second kappa shape index (κ2) is 5.73. The summed E-state index contributed by atoms with van der Waals surface area (Å²) in [5.74, 6) is 0.823. The Morgan fingerprint density at radius 2 is 2.32 bits per heavy atom. The number of hydroxylamine groups is 1. The van der Waals surface area contributed by atoms with Crippen LogP contribution in [0.15, 0.2) is 28.7 Å². The number of ether oxygens (including phenoxy) is 1. The maximum atomic E-state index is 10.6. The van der Waals surface area contributed by atoms with Crippen molar-refractivity contribution in [3.63, 3.8) is 0 Å². The van der Waals surface area contributed by atoms with E-state index in [-0.39, 0.29) is 12.6 Å². The quantitative estimate of drug-likeness (QED) is 0.772. The normalized spacial score (nSPS) is 12.5. The third-order valence-corrected chi connectivity index (χ3v) is 2.65. The van der Waals surface area contributed by atoms with Crippen LogP contribution in [-0.4, -0.2) is 19.6 Å². The van der Waals surface area contributed by atoms with Crippen molar-refractivity contribution in [2.24, 2.45) is 5.73 Å². The topological polar surface area (TPSA) is 86.7 Å². The van der Waals surface area contributed by atoms with Gasteiger partial charge in [-0.25, -0.2) is 0 Å². The van der Waals surface area contributed by atoms with E-state index < -0.39 is 5.91 Å². The van der Waals surface area contributed by atoms with E-state index in [2.05, 4.69) is 5.48 Å².